The summed E-state index contributed by atoms with van der Waals surface area (Å²) in [6.07, 6.45) is 6.14. The van der Waals surface area contributed by atoms with Crippen molar-refractivity contribution in [2.45, 2.75) is 32.2 Å². The van der Waals surface area contributed by atoms with Crippen LogP contribution in [-0.2, 0) is 27.1 Å². The average molecular weight is 313 g/mol. The number of hydrogen-bond donors (Lipinski definition) is 1. The minimum absolute atomic E-state index is 0.283. The van der Waals surface area contributed by atoms with Gasteiger partial charge in [0.2, 0.25) is 0 Å². The van der Waals surface area contributed by atoms with Gasteiger partial charge >= 0.3 is 0 Å². The van der Waals surface area contributed by atoms with E-state index >= 15 is 0 Å². The molecule has 0 bridgehead atoms. The molecule has 1 aromatic heterocycles. The number of H-pyrrole nitrogens is 1. The lowest BCUT2D eigenvalue weighted by Crippen LogP contribution is -2.52. The molecule has 3 rings (SSSR count). The molecule has 6 nitrogen and oxygen atoms in total. The highest BCUT2D eigenvalue weighted by Crippen LogP contribution is 2.36. The first-order chi connectivity index (χ1) is 9.96. The van der Waals surface area contributed by atoms with Crippen LogP contribution in [0.2, 0.25) is 0 Å². The van der Waals surface area contributed by atoms with Crippen molar-refractivity contribution in [2.75, 3.05) is 26.0 Å². The van der Waals surface area contributed by atoms with Crippen molar-refractivity contribution in [3.05, 3.63) is 17.5 Å². The Kier molecular flexibility index (Phi) is 4.07. The van der Waals surface area contributed by atoms with E-state index in [0.29, 0.717) is 18.6 Å². The van der Waals surface area contributed by atoms with E-state index in [1.54, 1.807) is 0 Å². The predicted molar refractivity (Wildman–Crippen MR) is 79.4 cm³/mol. The molecule has 0 radical (unpaired) electrons. The summed E-state index contributed by atoms with van der Waals surface area (Å²) in [5.74, 6) is 0.838. The third kappa shape index (κ3) is 3.30. The number of likely N-dealkylation sites (tertiary alicyclic amines) is 1. The molecule has 118 valence electrons. The van der Waals surface area contributed by atoms with E-state index < -0.39 is 10.1 Å². The fourth-order valence-electron chi connectivity index (χ4n) is 3.82. The summed E-state index contributed by atoms with van der Waals surface area (Å²) in [4.78, 5) is 2.47. The van der Waals surface area contributed by atoms with Gasteiger partial charge < -0.3 is 0 Å². The number of nitrogens with one attached hydrogen (secondary N) is 1. The summed E-state index contributed by atoms with van der Waals surface area (Å²) in [5.41, 5.74) is 2.58. The van der Waals surface area contributed by atoms with Gasteiger partial charge in [0.1, 0.15) is 0 Å². The van der Waals surface area contributed by atoms with E-state index in [1.807, 2.05) is 6.20 Å². The molecule has 3 atom stereocenters. The van der Waals surface area contributed by atoms with E-state index in [9.17, 15) is 8.42 Å². The SMILES string of the molecule is CCN1C[C@H](COS(C)(=O)=O)C[C@@H]2Cc3[nH]ncc3CC21. The van der Waals surface area contributed by atoms with Gasteiger partial charge in [-0.3, -0.25) is 14.2 Å². The molecule has 0 spiro atoms. The lowest BCUT2D eigenvalue weighted by atomic mass is 9.74. The number of aromatic amines is 1. The molecule has 0 amide bonds. The predicted octanol–water partition coefficient (Wildman–Crippen LogP) is 0.811. The molecular weight excluding hydrogens is 290 g/mol. The Labute approximate surface area is 126 Å². The van der Waals surface area contributed by atoms with Crippen LogP contribution in [0.4, 0.5) is 0 Å². The number of nitrogens with zero attached hydrogens (tertiary/aromatic N) is 2. The van der Waals surface area contributed by atoms with Crippen molar-refractivity contribution < 1.29 is 12.6 Å². The van der Waals surface area contributed by atoms with Crippen LogP contribution in [0.5, 0.6) is 0 Å². The monoisotopic (exact) mass is 313 g/mol. The summed E-state index contributed by atoms with van der Waals surface area (Å²) in [7, 11) is -3.35. The minimum atomic E-state index is -3.35. The van der Waals surface area contributed by atoms with Crippen molar-refractivity contribution in [2.24, 2.45) is 11.8 Å². The number of piperidine rings is 1. The fraction of sp³-hybridized carbons (Fsp3) is 0.786. The van der Waals surface area contributed by atoms with Crippen LogP contribution in [0, 0.1) is 11.8 Å². The molecule has 2 heterocycles. The zero-order valence-corrected chi connectivity index (χ0v) is 13.4. The topological polar surface area (TPSA) is 75.3 Å². The Balaban J connectivity index is 1.71. The zero-order valence-electron chi connectivity index (χ0n) is 12.6. The Morgan fingerprint density at radius 1 is 1.48 bits per heavy atom. The van der Waals surface area contributed by atoms with Crippen molar-refractivity contribution in [1.29, 1.82) is 0 Å². The fourth-order valence-corrected chi connectivity index (χ4v) is 4.26. The Morgan fingerprint density at radius 3 is 3.00 bits per heavy atom. The standard InChI is InChI=1S/C14H23N3O3S/c1-3-17-8-10(9-20-21(2,18)19)4-11-5-13-12(6-14(11)17)7-15-16-13/h7,10-11,14H,3-6,8-9H2,1-2H3,(H,15,16)/t10-,11-,14?/m1/s1. The van der Waals surface area contributed by atoms with Crippen LogP contribution in [0.25, 0.3) is 0 Å². The smallest absolute Gasteiger partial charge is 0.264 e. The van der Waals surface area contributed by atoms with Crippen molar-refractivity contribution in [3.63, 3.8) is 0 Å². The molecule has 2 aliphatic rings. The molecule has 1 saturated heterocycles. The maximum absolute atomic E-state index is 11.2. The first kappa shape index (κ1) is 15.0. The zero-order chi connectivity index (χ0) is 15.0. The molecule has 1 aliphatic carbocycles. The molecular formula is C14H23N3O3S. The van der Waals surface area contributed by atoms with Crippen LogP contribution < -0.4 is 0 Å². The van der Waals surface area contributed by atoms with Crippen molar-refractivity contribution >= 4 is 10.1 Å². The number of rotatable bonds is 4. The molecule has 7 heteroatoms. The Bertz CT molecular complexity index is 598. The van der Waals surface area contributed by atoms with Crippen molar-refractivity contribution in [3.8, 4) is 0 Å². The van der Waals surface area contributed by atoms with Gasteiger partial charge in [0.15, 0.2) is 0 Å². The first-order valence-corrected chi connectivity index (χ1v) is 9.37. The second-order valence-corrected chi connectivity index (χ2v) is 7.93. The molecule has 0 aromatic carbocycles. The van der Waals surface area contributed by atoms with Crippen LogP contribution in [0.15, 0.2) is 6.20 Å². The Morgan fingerprint density at radius 2 is 2.29 bits per heavy atom. The van der Waals surface area contributed by atoms with Crippen molar-refractivity contribution in [1.82, 2.24) is 15.1 Å². The van der Waals surface area contributed by atoms with Gasteiger partial charge in [0.25, 0.3) is 10.1 Å². The quantitative estimate of drug-likeness (QED) is 0.833. The van der Waals surface area contributed by atoms with Gasteiger partial charge in [-0.05, 0) is 43.2 Å². The third-order valence-electron chi connectivity index (χ3n) is 4.77. The van der Waals surface area contributed by atoms with Gasteiger partial charge in [-0.2, -0.15) is 13.5 Å². The Hall–Kier alpha value is -0.920. The molecule has 0 saturated carbocycles. The third-order valence-corrected chi connectivity index (χ3v) is 5.33. The summed E-state index contributed by atoms with van der Waals surface area (Å²) < 4.78 is 27.4. The maximum atomic E-state index is 11.2. The molecule has 1 aliphatic heterocycles. The maximum Gasteiger partial charge on any atom is 0.264 e. The molecule has 1 fully saturated rings. The van der Waals surface area contributed by atoms with Crippen LogP contribution in [-0.4, -0.2) is 55.5 Å². The first-order valence-electron chi connectivity index (χ1n) is 7.56. The van der Waals surface area contributed by atoms with E-state index in [-0.39, 0.29) is 5.92 Å². The highest BCUT2D eigenvalue weighted by molar-refractivity contribution is 7.85. The van der Waals surface area contributed by atoms with E-state index in [2.05, 4.69) is 22.0 Å². The normalized spacial score (nSPS) is 29.9. The van der Waals surface area contributed by atoms with Crippen LogP contribution in [0.3, 0.4) is 0 Å². The van der Waals surface area contributed by atoms with Crippen LogP contribution in [0.1, 0.15) is 24.6 Å². The molecule has 1 aromatic rings. The molecule has 1 N–H and O–H groups in total. The van der Waals surface area contributed by atoms with Gasteiger partial charge in [-0.25, -0.2) is 0 Å². The van der Waals surface area contributed by atoms with Gasteiger partial charge in [0.05, 0.1) is 19.1 Å². The summed E-state index contributed by atoms with van der Waals surface area (Å²) in [6.45, 7) is 4.38. The minimum Gasteiger partial charge on any atom is -0.300 e. The summed E-state index contributed by atoms with van der Waals surface area (Å²) in [6, 6.07) is 0.551. The highest BCUT2D eigenvalue weighted by atomic mass is 32.2. The lowest BCUT2D eigenvalue weighted by Gasteiger charge is -2.46. The second-order valence-electron chi connectivity index (χ2n) is 6.29. The molecule has 21 heavy (non-hydrogen) atoms. The van der Waals surface area contributed by atoms with Crippen LogP contribution >= 0.6 is 0 Å². The number of aromatic nitrogens is 2. The molecule has 1 unspecified atom stereocenters. The number of fused-ring (bicyclic) bond motifs is 2. The largest absolute Gasteiger partial charge is 0.300 e. The van der Waals surface area contributed by atoms with Gasteiger partial charge in [-0.1, -0.05) is 6.92 Å². The number of likely N-dealkylation sites (N-methyl/N-ethyl adjacent to an activating group) is 1. The van der Waals surface area contributed by atoms with E-state index in [0.717, 1.165) is 38.6 Å². The lowest BCUT2D eigenvalue weighted by molar-refractivity contribution is 0.0362. The van der Waals surface area contributed by atoms with Gasteiger partial charge in [-0.15, -0.1) is 0 Å². The summed E-state index contributed by atoms with van der Waals surface area (Å²) >= 11 is 0. The van der Waals surface area contributed by atoms with E-state index in [1.165, 1.54) is 11.3 Å². The van der Waals surface area contributed by atoms with Gasteiger partial charge in [0, 0.05) is 18.3 Å². The highest BCUT2D eigenvalue weighted by Gasteiger charge is 2.39. The average Bonchev–Trinajstić information content (AvgIpc) is 2.88. The number of hydrogen-bond acceptors (Lipinski definition) is 5. The summed E-state index contributed by atoms with van der Waals surface area (Å²) in [5, 5.41) is 7.25. The second kappa shape index (κ2) is 5.70. The van der Waals surface area contributed by atoms with E-state index in [4.69, 9.17) is 4.18 Å².